The first kappa shape index (κ1) is 16.7. The van der Waals surface area contributed by atoms with Gasteiger partial charge in [-0.2, -0.15) is 0 Å². The van der Waals surface area contributed by atoms with Crippen molar-refractivity contribution in [3.63, 3.8) is 0 Å². The largest absolute Gasteiger partial charge is 0.465 e. The first-order valence-corrected chi connectivity index (χ1v) is 6.82. The zero-order valence-electron chi connectivity index (χ0n) is 12.8. The fourth-order valence-corrected chi connectivity index (χ4v) is 1.98. The Morgan fingerprint density at radius 2 is 2.05 bits per heavy atom. The second-order valence-corrected chi connectivity index (χ2v) is 6.52. The van der Waals surface area contributed by atoms with Crippen LogP contribution in [0.4, 0.5) is 0 Å². The third kappa shape index (κ3) is 4.35. The van der Waals surface area contributed by atoms with Crippen LogP contribution in [0.5, 0.6) is 0 Å². The minimum atomic E-state index is -1.88. The molecule has 1 heterocycles. The minimum Gasteiger partial charge on any atom is -0.465 e. The molecule has 3 N–H and O–H groups in total. The molecule has 0 aliphatic rings. The molecule has 5 heteroatoms. The fraction of sp³-hybridized carbons (Fsp3) is 0.667. The van der Waals surface area contributed by atoms with Crippen LogP contribution in [-0.4, -0.2) is 16.7 Å². The number of nitrogens with two attached hydrogens (primary N) is 1. The molecule has 0 radical (unpaired) electrons. The second kappa shape index (κ2) is 5.97. The van der Waals surface area contributed by atoms with Crippen LogP contribution < -0.4 is 5.73 Å². The normalized spacial score (nSPS) is 16.8. The van der Waals surface area contributed by atoms with E-state index in [0.29, 0.717) is 6.42 Å². The van der Waals surface area contributed by atoms with E-state index in [2.05, 4.69) is 0 Å². The lowest BCUT2D eigenvalue weighted by Crippen LogP contribution is -2.49. The number of hydrogen-bond donors (Lipinski definition) is 2. The molecule has 0 unspecified atom stereocenters. The van der Waals surface area contributed by atoms with Crippen molar-refractivity contribution in [3.05, 3.63) is 24.2 Å². The van der Waals surface area contributed by atoms with Crippen molar-refractivity contribution >= 4 is 5.97 Å². The van der Waals surface area contributed by atoms with Gasteiger partial charge in [-0.25, -0.2) is 0 Å². The van der Waals surface area contributed by atoms with E-state index >= 15 is 0 Å². The van der Waals surface area contributed by atoms with Crippen LogP contribution in [0, 0.1) is 11.8 Å². The molecule has 1 rings (SSSR count). The highest BCUT2D eigenvalue weighted by Crippen LogP contribution is 2.32. The molecule has 0 bridgehead atoms. The predicted molar refractivity (Wildman–Crippen MR) is 75.6 cm³/mol. The molecule has 5 nitrogen and oxygen atoms in total. The third-order valence-corrected chi connectivity index (χ3v) is 2.85. The number of rotatable bonds is 5. The quantitative estimate of drug-likeness (QED) is 0.640. The fourth-order valence-electron chi connectivity index (χ4n) is 1.98. The van der Waals surface area contributed by atoms with Crippen LogP contribution in [0.3, 0.4) is 0 Å². The van der Waals surface area contributed by atoms with E-state index in [-0.39, 0.29) is 11.7 Å². The number of aliphatic hydroxyl groups is 1. The monoisotopic (exact) mass is 283 g/mol. The Kier molecular flexibility index (Phi) is 5.00. The number of esters is 1. The van der Waals surface area contributed by atoms with Crippen LogP contribution in [-0.2, 0) is 15.3 Å². The predicted octanol–water partition coefficient (Wildman–Crippen LogP) is 2.39. The standard InChI is InChI=1S/C15H25NO4/c1-10(2)9-11(13(17)20-14(3,4)5)15(16,18)12-7-6-8-19-12/h6-8,10-11,18H,9,16H2,1-5H3/t11-,15-/m1/s1. The van der Waals surface area contributed by atoms with E-state index in [9.17, 15) is 9.90 Å². The summed E-state index contributed by atoms with van der Waals surface area (Å²) < 4.78 is 10.5. The van der Waals surface area contributed by atoms with Gasteiger partial charge >= 0.3 is 5.97 Å². The molecule has 0 saturated carbocycles. The van der Waals surface area contributed by atoms with E-state index in [4.69, 9.17) is 14.9 Å². The van der Waals surface area contributed by atoms with Crippen molar-refractivity contribution in [1.82, 2.24) is 0 Å². The molecule has 114 valence electrons. The zero-order chi connectivity index (χ0) is 15.6. The molecular weight excluding hydrogens is 258 g/mol. The van der Waals surface area contributed by atoms with Gasteiger partial charge in [0, 0.05) is 0 Å². The molecule has 20 heavy (non-hydrogen) atoms. The van der Waals surface area contributed by atoms with Crippen molar-refractivity contribution in [1.29, 1.82) is 0 Å². The Bertz CT molecular complexity index is 429. The number of ether oxygens (including phenoxy) is 1. The highest BCUT2D eigenvalue weighted by atomic mass is 16.6. The Morgan fingerprint density at radius 3 is 2.45 bits per heavy atom. The molecule has 1 aromatic heterocycles. The number of carbonyl (C=O) groups is 1. The van der Waals surface area contributed by atoms with E-state index in [1.54, 1.807) is 32.9 Å². The SMILES string of the molecule is CC(C)C[C@H](C(=O)OC(C)(C)C)[C@@](N)(O)c1ccco1. The summed E-state index contributed by atoms with van der Waals surface area (Å²) in [6.45, 7) is 9.24. The summed E-state index contributed by atoms with van der Waals surface area (Å²) in [4.78, 5) is 12.3. The van der Waals surface area contributed by atoms with Crippen LogP contribution in [0.1, 0.15) is 46.8 Å². The maximum absolute atomic E-state index is 12.3. The van der Waals surface area contributed by atoms with E-state index < -0.39 is 23.2 Å². The third-order valence-electron chi connectivity index (χ3n) is 2.85. The smallest absolute Gasteiger partial charge is 0.314 e. The van der Waals surface area contributed by atoms with Crippen molar-refractivity contribution in [3.8, 4) is 0 Å². The summed E-state index contributed by atoms with van der Waals surface area (Å²) in [5.41, 5.74) is 3.44. The summed E-state index contributed by atoms with van der Waals surface area (Å²) in [5.74, 6) is -1.06. The van der Waals surface area contributed by atoms with E-state index in [1.165, 1.54) is 6.26 Å². The first-order valence-electron chi connectivity index (χ1n) is 6.82. The summed E-state index contributed by atoms with van der Waals surface area (Å²) in [7, 11) is 0. The lowest BCUT2D eigenvalue weighted by atomic mass is 9.86. The van der Waals surface area contributed by atoms with Gasteiger partial charge in [-0.1, -0.05) is 13.8 Å². The van der Waals surface area contributed by atoms with Crippen LogP contribution >= 0.6 is 0 Å². The Balaban J connectivity index is 3.03. The van der Waals surface area contributed by atoms with E-state index in [0.717, 1.165) is 0 Å². The van der Waals surface area contributed by atoms with Crippen LogP contribution in [0.15, 0.2) is 22.8 Å². The van der Waals surface area contributed by atoms with Gasteiger partial charge in [-0.05, 0) is 45.2 Å². The van der Waals surface area contributed by atoms with Gasteiger partial charge in [0.1, 0.15) is 11.5 Å². The van der Waals surface area contributed by atoms with Crippen molar-refractivity contribution < 1.29 is 19.1 Å². The summed E-state index contributed by atoms with van der Waals surface area (Å²) in [6, 6.07) is 3.17. The lowest BCUT2D eigenvalue weighted by Gasteiger charge is -2.32. The van der Waals surface area contributed by atoms with Crippen LogP contribution in [0.25, 0.3) is 0 Å². The first-order chi connectivity index (χ1) is 9.04. The molecule has 0 spiro atoms. The maximum atomic E-state index is 12.3. The van der Waals surface area contributed by atoms with Crippen molar-refractivity contribution in [2.75, 3.05) is 0 Å². The van der Waals surface area contributed by atoms with Gasteiger partial charge in [0.2, 0.25) is 0 Å². The van der Waals surface area contributed by atoms with Gasteiger partial charge in [0.25, 0.3) is 0 Å². The average Bonchev–Trinajstić information content (AvgIpc) is 2.76. The number of carbonyl (C=O) groups excluding carboxylic acids is 1. The molecule has 2 atom stereocenters. The average molecular weight is 283 g/mol. The van der Waals surface area contributed by atoms with Crippen molar-refractivity contribution in [2.45, 2.75) is 52.4 Å². The summed E-state index contributed by atoms with van der Waals surface area (Å²) in [6.07, 6.45) is 1.82. The Labute approximate surface area is 120 Å². The Hall–Kier alpha value is -1.33. The summed E-state index contributed by atoms with van der Waals surface area (Å²) >= 11 is 0. The molecule has 0 saturated heterocycles. The number of furan rings is 1. The zero-order valence-corrected chi connectivity index (χ0v) is 12.8. The number of hydrogen-bond acceptors (Lipinski definition) is 5. The maximum Gasteiger partial charge on any atom is 0.314 e. The molecule has 0 amide bonds. The molecule has 0 aromatic carbocycles. The molecule has 1 aromatic rings. The van der Waals surface area contributed by atoms with Crippen LogP contribution in [0.2, 0.25) is 0 Å². The topological polar surface area (TPSA) is 85.7 Å². The van der Waals surface area contributed by atoms with E-state index in [1.807, 2.05) is 13.8 Å². The lowest BCUT2D eigenvalue weighted by molar-refractivity contribution is -0.173. The summed E-state index contributed by atoms with van der Waals surface area (Å²) in [5, 5.41) is 10.5. The van der Waals surface area contributed by atoms with Gasteiger partial charge in [-0.15, -0.1) is 0 Å². The molecule has 0 fully saturated rings. The Morgan fingerprint density at radius 1 is 1.45 bits per heavy atom. The molecule has 0 aliphatic carbocycles. The molecule has 0 aliphatic heterocycles. The van der Waals surface area contributed by atoms with Gasteiger partial charge in [0.15, 0.2) is 11.5 Å². The van der Waals surface area contributed by atoms with Gasteiger partial charge < -0.3 is 14.3 Å². The minimum absolute atomic E-state index is 0.161. The molecular formula is C15H25NO4. The highest BCUT2D eigenvalue weighted by molar-refractivity contribution is 5.74. The van der Waals surface area contributed by atoms with Gasteiger partial charge in [-0.3, -0.25) is 10.5 Å². The van der Waals surface area contributed by atoms with Gasteiger partial charge in [0.05, 0.1) is 6.26 Å². The van der Waals surface area contributed by atoms with Crippen molar-refractivity contribution in [2.24, 2.45) is 17.6 Å². The highest BCUT2D eigenvalue weighted by Gasteiger charge is 2.44. The second-order valence-electron chi connectivity index (χ2n) is 6.52.